The van der Waals surface area contributed by atoms with Crippen LogP contribution in [0.15, 0.2) is 83.7 Å². The molecule has 1 aliphatic heterocycles. The molecule has 0 aliphatic carbocycles. The summed E-state index contributed by atoms with van der Waals surface area (Å²) < 4.78 is 1.05. The van der Waals surface area contributed by atoms with E-state index in [-0.39, 0.29) is 23.6 Å². The summed E-state index contributed by atoms with van der Waals surface area (Å²) in [6.45, 7) is -0.353. The molecule has 3 aromatic carbocycles. The van der Waals surface area contributed by atoms with E-state index in [1.54, 1.807) is 72.8 Å². The van der Waals surface area contributed by atoms with Crippen molar-refractivity contribution in [3.8, 4) is 11.4 Å². The van der Waals surface area contributed by atoms with Gasteiger partial charge in [0.05, 0.1) is 22.0 Å². The lowest BCUT2D eigenvalue weighted by molar-refractivity contribution is 0.0648. The van der Waals surface area contributed by atoms with Gasteiger partial charge in [0.2, 0.25) is 0 Å². The van der Waals surface area contributed by atoms with Crippen LogP contribution in [-0.2, 0) is 0 Å². The van der Waals surface area contributed by atoms with E-state index in [4.69, 9.17) is 0 Å². The van der Waals surface area contributed by atoms with E-state index in [0.717, 1.165) is 9.58 Å². The molecule has 162 valence electrons. The highest BCUT2D eigenvalue weighted by molar-refractivity contribution is 6.21. The fourth-order valence-electron chi connectivity index (χ4n) is 3.69. The van der Waals surface area contributed by atoms with Crippen LogP contribution in [0.5, 0.6) is 0 Å². The zero-order valence-electron chi connectivity index (χ0n) is 17.2. The number of para-hydroxylation sites is 1. The molecule has 0 spiro atoms. The highest BCUT2D eigenvalue weighted by atomic mass is 16.2. The molecule has 4 amide bonds. The molecular weight excluding hydrogens is 422 g/mol. The van der Waals surface area contributed by atoms with Crippen LogP contribution in [0.3, 0.4) is 0 Å². The lowest BCUT2D eigenvalue weighted by Gasteiger charge is -2.17. The van der Waals surface area contributed by atoms with Crippen molar-refractivity contribution >= 4 is 28.7 Å². The average molecular weight is 439 g/mol. The molecular formula is C24H17N5O4. The third kappa shape index (κ3) is 3.51. The van der Waals surface area contributed by atoms with Crippen molar-refractivity contribution in [2.24, 2.45) is 0 Å². The predicted octanol–water partition coefficient (Wildman–Crippen LogP) is 2.57. The van der Waals surface area contributed by atoms with Crippen LogP contribution in [0.1, 0.15) is 20.7 Å². The summed E-state index contributed by atoms with van der Waals surface area (Å²) in [4.78, 5) is 56.3. The van der Waals surface area contributed by atoms with Crippen LogP contribution in [0.25, 0.3) is 22.3 Å². The number of hydrogen-bond acceptors (Lipinski definition) is 5. The number of nitrogens with one attached hydrogen (secondary N) is 2. The van der Waals surface area contributed by atoms with Crippen LogP contribution in [0.2, 0.25) is 0 Å². The zero-order valence-corrected chi connectivity index (χ0v) is 17.2. The smallest absolute Gasteiger partial charge is 0.319 e. The van der Waals surface area contributed by atoms with Crippen molar-refractivity contribution in [1.29, 1.82) is 0 Å². The average Bonchev–Trinajstić information content (AvgIpc) is 3.09. The molecule has 0 saturated heterocycles. The number of carbonyl (C=O) groups excluding carboxylic acids is 3. The van der Waals surface area contributed by atoms with Crippen molar-refractivity contribution in [2.45, 2.75) is 0 Å². The SMILES string of the molecule is O=C(NCN1C(=O)c2ccccc2C1=O)Nn1c(-c2ccccc2)nc2ccccc2c1=O. The Labute approximate surface area is 187 Å². The molecule has 0 saturated carbocycles. The van der Waals surface area contributed by atoms with Gasteiger partial charge < -0.3 is 5.32 Å². The predicted molar refractivity (Wildman–Crippen MR) is 121 cm³/mol. The molecule has 0 fully saturated rings. The summed E-state index contributed by atoms with van der Waals surface area (Å²) in [7, 11) is 0. The second-order valence-electron chi connectivity index (χ2n) is 7.32. The summed E-state index contributed by atoms with van der Waals surface area (Å²) in [5.41, 5.74) is 3.71. The highest BCUT2D eigenvalue weighted by Gasteiger charge is 2.35. The molecule has 1 aromatic heterocycles. The number of fused-ring (bicyclic) bond motifs is 2. The largest absolute Gasteiger partial charge is 0.335 e. The normalized spacial score (nSPS) is 12.7. The molecule has 0 atom stereocenters. The summed E-state index contributed by atoms with van der Waals surface area (Å²) in [6, 6.07) is 21.4. The third-order valence-corrected chi connectivity index (χ3v) is 5.30. The molecule has 9 nitrogen and oxygen atoms in total. The number of hydrogen-bond donors (Lipinski definition) is 2. The lowest BCUT2D eigenvalue weighted by atomic mass is 10.1. The quantitative estimate of drug-likeness (QED) is 0.475. The van der Waals surface area contributed by atoms with Gasteiger partial charge in [-0.2, -0.15) is 4.68 Å². The summed E-state index contributed by atoms with van der Waals surface area (Å²) >= 11 is 0. The van der Waals surface area contributed by atoms with Crippen molar-refractivity contribution in [3.63, 3.8) is 0 Å². The van der Waals surface area contributed by atoms with E-state index in [1.807, 2.05) is 6.07 Å². The van der Waals surface area contributed by atoms with Gasteiger partial charge in [-0.3, -0.25) is 19.3 Å². The molecule has 5 rings (SSSR count). The van der Waals surface area contributed by atoms with Crippen LogP contribution >= 0.6 is 0 Å². The van der Waals surface area contributed by atoms with E-state index in [2.05, 4.69) is 15.7 Å². The fraction of sp³-hybridized carbons (Fsp3) is 0.0417. The number of urea groups is 1. The summed E-state index contributed by atoms with van der Waals surface area (Å²) in [5, 5.41) is 2.80. The highest BCUT2D eigenvalue weighted by Crippen LogP contribution is 2.21. The molecule has 0 bridgehead atoms. The first kappa shape index (κ1) is 20.1. The van der Waals surface area contributed by atoms with Crippen LogP contribution in [-0.4, -0.2) is 39.1 Å². The molecule has 2 heterocycles. The Hall–Kier alpha value is -4.79. The Balaban J connectivity index is 1.42. The van der Waals surface area contributed by atoms with Gasteiger partial charge in [-0.15, -0.1) is 0 Å². The molecule has 0 radical (unpaired) electrons. The second kappa shape index (κ2) is 8.04. The van der Waals surface area contributed by atoms with Crippen molar-refractivity contribution in [1.82, 2.24) is 19.9 Å². The molecule has 1 aliphatic rings. The van der Waals surface area contributed by atoms with Crippen molar-refractivity contribution in [2.75, 3.05) is 12.1 Å². The van der Waals surface area contributed by atoms with Crippen molar-refractivity contribution < 1.29 is 14.4 Å². The number of rotatable bonds is 4. The van der Waals surface area contributed by atoms with Gasteiger partial charge >= 0.3 is 6.03 Å². The standard InChI is InChI=1S/C24H17N5O4/c30-21-16-10-4-5-11-17(16)22(31)28(21)14-25-24(33)27-29-20(15-8-2-1-3-9-15)26-19-13-7-6-12-18(19)23(29)32/h1-13H,14H2,(H2,25,27,33). The van der Waals surface area contributed by atoms with Crippen LogP contribution in [0.4, 0.5) is 4.79 Å². The van der Waals surface area contributed by atoms with E-state index in [0.29, 0.717) is 16.5 Å². The number of amides is 4. The van der Waals surface area contributed by atoms with E-state index in [1.165, 1.54) is 0 Å². The number of imide groups is 1. The first-order valence-corrected chi connectivity index (χ1v) is 10.1. The number of nitrogens with zero attached hydrogens (tertiary/aromatic N) is 3. The third-order valence-electron chi connectivity index (χ3n) is 5.30. The Morgan fingerprint density at radius 2 is 1.39 bits per heavy atom. The first-order valence-electron chi connectivity index (χ1n) is 10.1. The van der Waals surface area contributed by atoms with Gasteiger partial charge in [0, 0.05) is 5.56 Å². The molecule has 0 unspecified atom stereocenters. The van der Waals surface area contributed by atoms with E-state index < -0.39 is 23.4 Å². The summed E-state index contributed by atoms with van der Waals surface area (Å²) in [6.07, 6.45) is 0. The Morgan fingerprint density at radius 1 is 0.788 bits per heavy atom. The maximum Gasteiger partial charge on any atom is 0.335 e. The summed E-state index contributed by atoms with van der Waals surface area (Å²) in [5.74, 6) is -0.744. The number of aromatic nitrogens is 2. The van der Waals surface area contributed by atoms with Gasteiger partial charge in [0.25, 0.3) is 17.4 Å². The van der Waals surface area contributed by atoms with Crippen LogP contribution in [0, 0.1) is 0 Å². The Bertz CT molecular complexity index is 1440. The van der Waals surface area contributed by atoms with Gasteiger partial charge in [0.1, 0.15) is 6.67 Å². The van der Waals surface area contributed by atoms with Crippen LogP contribution < -0.4 is 16.3 Å². The Morgan fingerprint density at radius 3 is 2.09 bits per heavy atom. The lowest BCUT2D eigenvalue weighted by Crippen LogP contribution is -2.46. The second-order valence-corrected chi connectivity index (χ2v) is 7.32. The Kier molecular flexibility index (Phi) is 4.91. The molecule has 2 N–H and O–H groups in total. The molecule has 9 heteroatoms. The minimum absolute atomic E-state index is 0.246. The van der Waals surface area contributed by atoms with Gasteiger partial charge in [-0.05, 0) is 24.3 Å². The maximum absolute atomic E-state index is 13.1. The number of carbonyl (C=O) groups is 3. The zero-order chi connectivity index (χ0) is 22.9. The van der Waals surface area contributed by atoms with Gasteiger partial charge in [-0.25, -0.2) is 15.2 Å². The maximum atomic E-state index is 13.1. The minimum atomic E-state index is -0.775. The minimum Gasteiger partial charge on any atom is -0.319 e. The van der Waals surface area contributed by atoms with Gasteiger partial charge in [0.15, 0.2) is 5.82 Å². The van der Waals surface area contributed by atoms with Crippen molar-refractivity contribution in [3.05, 3.63) is 100 Å². The first-order chi connectivity index (χ1) is 16.0. The number of benzene rings is 3. The monoisotopic (exact) mass is 439 g/mol. The molecule has 4 aromatic rings. The topological polar surface area (TPSA) is 113 Å². The fourth-order valence-corrected chi connectivity index (χ4v) is 3.69. The molecule has 33 heavy (non-hydrogen) atoms. The van der Waals surface area contributed by atoms with E-state index in [9.17, 15) is 19.2 Å². The van der Waals surface area contributed by atoms with E-state index >= 15 is 0 Å². The van der Waals surface area contributed by atoms with Gasteiger partial charge in [-0.1, -0.05) is 54.6 Å².